The van der Waals surface area contributed by atoms with E-state index in [-0.39, 0.29) is 11.9 Å². The predicted octanol–water partition coefficient (Wildman–Crippen LogP) is 3.00. The van der Waals surface area contributed by atoms with Crippen molar-refractivity contribution in [2.24, 2.45) is 0 Å². The Morgan fingerprint density at radius 2 is 2.16 bits per heavy atom. The van der Waals surface area contributed by atoms with Crippen LogP contribution < -0.4 is 10.3 Å². The maximum atomic E-state index is 13.2. The molecule has 10 heteroatoms. The van der Waals surface area contributed by atoms with Crippen molar-refractivity contribution in [3.63, 3.8) is 0 Å². The number of aromatic nitrogens is 6. The van der Waals surface area contributed by atoms with E-state index in [9.17, 15) is 9.18 Å². The van der Waals surface area contributed by atoms with Gasteiger partial charge in [0.15, 0.2) is 5.52 Å². The number of nitrogens with one attached hydrogen (secondary N) is 3. The van der Waals surface area contributed by atoms with Gasteiger partial charge in [0.2, 0.25) is 11.8 Å². The third-order valence-electron chi connectivity index (χ3n) is 6.12. The first-order chi connectivity index (χ1) is 15.7. The van der Waals surface area contributed by atoms with E-state index < -0.39 is 5.95 Å². The number of carbonyl (C=O) groups is 1. The van der Waals surface area contributed by atoms with Crippen molar-refractivity contribution in [3.05, 3.63) is 65.8 Å². The minimum Gasteiger partial charge on any atom is -0.325 e. The molecule has 0 spiro atoms. The third kappa shape index (κ3) is 3.37. The largest absolute Gasteiger partial charge is 0.325 e. The number of pyridine rings is 1. The van der Waals surface area contributed by atoms with Crippen LogP contribution in [0.15, 0.2) is 42.7 Å². The van der Waals surface area contributed by atoms with Crippen molar-refractivity contribution in [3.8, 4) is 0 Å². The van der Waals surface area contributed by atoms with Gasteiger partial charge in [-0.3, -0.25) is 15.2 Å². The highest BCUT2D eigenvalue weighted by Crippen LogP contribution is 2.39. The second kappa shape index (κ2) is 7.40. The average Bonchev–Trinajstić information content (AvgIpc) is 3.20. The first-order valence-electron chi connectivity index (χ1n) is 10.8. The molecule has 0 bridgehead atoms. The highest BCUT2D eigenvalue weighted by Gasteiger charge is 2.36. The first-order valence-corrected chi connectivity index (χ1v) is 10.8. The van der Waals surface area contributed by atoms with E-state index >= 15 is 0 Å². The number of likely N-dealkylation sites (tertiary alicyclic amines) is 1. The molecular formula is C22H22FN8O+. The minimum absolute atomic E-state index is 0.182. The van der Waals surface area contributed by atoms with Crippen molar-refractivity contribution in [1.82, 2.24) is 29.7 Å². The molecule has 1 saturated carbocycles. The molecule has 1 saturated heterocycles. The van der Waals surface area contributed by atoms with Gasteiger partial charge in [-0.25, -0.2) is 9.97 Å². The Balaban J connectivity index is 1.32. The number of carbonyl (C=O) groups excluding carboxylic acids is 1. The minimum atomic E-state index is -0.605. The Labute approximate surface area is 182 Å². The van der Waals surface area contributed by atoms with Gasteiger partial charge in [-0.15, -0.1) is 5.10 Å². The smallest absolute Gasteiger partial charge is 0.283 e. The number of hydrogen-bond donors (Lipinski definition) is 2. The van der Waals surface area contributed by atoms with Gasteiger partial charge in [-0.05, 0) is 55.0 Å². The summed E-state index contributed by atoms with van der Waals surface area (Å²) in [6, 6.07) is 8.38. The van der Waals surface area contributed by atoms with Crippen molar-refractivity contribution < 1.29 is 14.2 Å². The molecule has 0 aromatic carbocycles. The van der Waals surface area contributed by atoms with Crippen molar-refractivity contribution in [2.75, 3.05) is 11.9 Å². The van der Waals surface area contributed by atoms with E-state index in [4.69, 9.17) is 5.10 Å². The summed E-state index contributed by atoms with van der Waals surface area (Å²) in [6.45, 7) is 0.604. The molecule has 0 unspecified atom stereocenters. The summed E-state index contributed by atoms with van der Waals surface area (Å²) in [5, 5.41) is 15.6. The van der Waals surface area contributed by atoms with Crippen LogP contribution in [-0.2, 0) is 0 Å². The zero-order chi connectivity index (χ0) is 21.7. The summed E-state index contributed by atoms with van der Waals surface area (Å²) >= 11 is 0. The Morgan fingerprint density at radius 3 is 2.97 bits per heavy atom. The number of fused-ring (bicyclic) bond motifs is 1. The Bertz CT molecular complexity index is 1290. The van der Waals surface area contributed by atoms with Crippen LogP contribution in [0.2, 0.25) is 0 Å². The van der Waals surface area contributed by atoms with Crippen molar-refractivity contribution in [1.29, 1.82) is 0 Å². The lowest BCUT2D eigenvalue weighted by atomic mass is 10.2. The van der Waals surface area contributed by atoms with Gasteiger partial charge in [0.1, 0.15) is 6.04 Å². The second-order valence-corrected chi connectivity index (χ2v) is 8.36. The number of aromatic amines is 2. The molecule has 4 aromatic heterocycles. The van der Waals surface area contributed by atoms with Crippen LogP contribution in [0.4, 0.5) is 16.0 Å². The van der Waals surface area contributed by atoms with E-state index in [0.29, 0.717) is 23.9 Å². The lowest BCUT2D eigenvalue weighted by Crippen LogP contribution is -2.35. The topological polar surface area (TPSA) is 105 Å². The van der Waals surface area contributed by atoms with Crippen LogP contribution in [0.25, 0.3) is 5.52 Å². The number of halogens is 1. The molecule has 2 aliphatic rings. The van der Waals surface area contributed by atoms with Gasteiger partial charge in [0.05, 0.1) is 5.56 Å². The van der Waals surface area contributed by atoms with Crippen molar-refractivity contribution >= 4 is 23.1 Å². The third-order valence-corrected chi connectivity index (χ3v) is 6.12. The maximum absolute atomic E-state index is 13.2. The van der Waals surface area contributed by atoms with E-state index in [1.807, 2.05) is 24.4 Å². The molecule has 9 nitrogen and oxygen atoms in total. The van der Waals surface area contributed by atoms with Gasteiger partial charge in [0, 0.05) is 36.6 Å². The zero-order valence-electron chi connectivity index (χ0n) is 17.3. The van der Waals surface area contributed by atoms with Gasteiger partial charge in [0.25, 0.3) is 17.5 Å². The molecule has 0 radical (unpaired) electrons. The maximum Gasteiger partial charge on any atom is 0.283 e. The summed E-state index contributed by atoms with van der Waals surface area (Å²) in [6.07, 6.45) is 7.20. The predicted molar refractivity (Wildman–Crippen MR) is 113 cm³/mol. The number of nitrogens with zero attached hydrogens (tertiary/aromatic N) is 5. The van der Waals surface area contributed by atoms with Crippen LogP contribution in [0.3, 0.4) is 0 Å². The fourth-order valence-electron chi connectivity index (χ4n) is 4.33. The second-order valence-electron chi connectivity index (χ2n) is 8.36. The molecule has 5 heterocycles. The quantitative estimate of drug-likeness (QED) is 0.471. The van der Waals surface area contributed by atoms with E-state index in [1.54, 1.807) is 9.42 Å². The molecule has 1 atom stereocenters. The Hall–Kier alpha value is -3.82. The van der Waals surface area contributed by atoms with Crippen LogP contribution in [-0.4, -0.2) is 42.1 Å². The molecule has 1 aliphatic heterocycles. The van der Waals surface area contributed by atoms with Crippen molar-refractivity contribution in [2.45, 2.75) is 37.6 Å². The van der Waals surface area contributed by atoms with Crippen LogP contribution in [0.1, 0.15) is 59.5 Å². The van der Waals surface area contributed by atoms with Crippen LogP contribution in [0.5, 0.6) is 0 Å². The Kier molecular flexibility index (Phi) is 4.37. The standard InChI is InChI=1S/C22H21FN8O/c23-18-8-7-14(12-24-18)22(32)30-9-1-3-16(30)21-26-20(17-4-2-10-31(17)29-21)25-19-11-15(27-28-19)13-5-6-13/h2,4,7-8,10-13,16H,1,3,5-6,9H2,(H2,25,26,27,28,29)/p+1/t16-/m1/s1. The SMILES string of the molecule is O=C(c1ccc(F)nc1)N1CCC[C@@H]1c1nn2cccc2c(Nc2cc(C3CC3)[nH]n2)[nH+]1. The Morgan fingerprint density at radius 1 is 1.25 bits per heavy atom. The fraction of sp³-hybridized carbons (Fsp3) is 0.318. The van der Waals surface area contributed by atoms with E-state index in [2.05, 4.69) is 25.5 Å². The average molecular weight is 433 g/mol. The summed E-state index contributed by atoms with van der Waals surface area (Å²) in [7, 11) is 0. The number of rotatable bonds is 5. The summed E-state index contributed by atoms with van der Waals surface area (Å²) in [5.74, 6) is 1.97. The number of H-pyrrole nitrogens is 2. The normalized spacial score (nSPS) is 18.4. The monoisotopic (exact) mass is 433 g/mol. The summed E-state index contributed by atoms with van der Waals surface area (Å²) < 4.78 is 15.0. The molecule has 32 heavy (non-hydrogen) atoms. The van der Waals surface area contributed by atoms with Gasteiger partial charge < -0.3 is 4.90 Å². The molecule has 6 rings (SSSR count). The molecule has 1 amide bonds. The summed E-state index contributed by atoms with van der Waals surface area (Å²) in [4.78, 5) is 21.9. The molecular weight excluding hydrogens is 411 g/mol. The fourth-order valence-corrected chi connectivity index (χ4v) is 4.33. The molecule has 3 N–H and O–H groups in total. The molecule has 1 aliphatic carbocycles. The summed E-state index contributed by atoms with van der Waals surface area (Å²) in [5.41, 5.74) is 2.39. The van der Waals surface area contributed by atoms with Gasteiger partial charge in [-0.1, -0.05) is 0 Å². The zero-order valence-corrected chi connectivity index (χ0v) is 17.3. The van der Waals surface area contributed by atoms with Gasteiger partial charge in [-0.2, -0.15) is 8.91 Å². The van der Waals surface area contributed by atoms with Crippen LogP contribution >= 0.6 is 0 Å². The van der Waals surface area contributed by atoms with E-state index in [1.165, 1.54) is 31.2 Å². The number of anilines is 2. The molecule has 2 fully saturated rings. The lowest BCUT2D eigenvalue weighted by molar-refractivity contribution is -0.384. The van der Waals surface area contributed by atoms with E-state index in [0.717, 1.165) is 35.7 Å². The first kappa shape index (κ1) is 18.9. The highest BCUT2D eigenvalue weighted by molar-refractivity contribution is 5.94. The number of hydrogen-bond acceptors (Lipinski definition) is 5. The highest BCUT2D eigenvalue weighted by atomic mass is 19.1. The number of amides is 1. The molecule has 162 valence electrons. The molecule has 4 aromatic rings. The van der Waals surface area contributed by atoms with Crippen LogP contribution in [0, 0.1) is 5.95 Å². The van der Waals surface area contributed by atoms with Gasteiger partial charge >= 0.3 is 0 Å². The lowest BCUT2D eigenvalue weighted by Gasteiger charge is -2.22.